The van der Waals surface area contributed by atoms with Crippen molar-refractivity contribution in [2.45, 2.75) is 6.42 Å². The van der Waals surface area contributed by atoms with Crippen LogP contribution in [0.5, 0.6) is 0 Å². The van der Waals surface area contributed by atoms with Crippen LogP contribution in [0.2, 0.25) is 0 Å². The highest BCUT2D eigenvalue weighted by Crippen LogP contribution is 2.13. The second-order valence-corrected chi connectivity index (χ2v) is 5.25. The van der Waals surface area contributed by atoms with Gasteiger partial charge in [-0.1, -0.05) is 12.1 Å². The van der Waals surface area contributed by atoms with Gasteiger partial charge in [-0.2, -0.15) is 5.10 Å². The van der Waals surface area contributed by atoms with Crippen molar-refractivity contribution < 1.29 is 14.3 Å². The van der Waals surface area contributed by atoms with Crippen LogP contribution >= 0.6 is 0 Å². The normalized spacial score (nSPS) is 10.6. The van der Waals surface area contributed by atoms with Crippen LogP contribution in [0.25, 0.3) is 5.69 Å². The molecule has 0 saturated carbocycles. The van der Waals surface area contributed by atoms with Crippen molar-refractivity contribution in [3.05, 3.63) is 77.9 Å². The Balaban J connectivity index is 1.70. The average Bonchev–Trinajstić information content (AvgIpc) is 3.08. The lowest BCUT2D eigenvalue weighted by Gasteiger charge is -2.05. The molecule has 0 aliphatic carbocycles. The Labute approximate surface area is 138 Å². The molecule has 5 nitrogen and oxygen atoms in total. The second kappa shape index (κ2) is 7.06. The van der Waals surface area contributed by atoms with Crippen molar-refractivity contribution in [2.75, 3.05) is 11.9 Å². The molecule has 0 bridgehead atoms. The molecule has 1 aromatic heterocycles. The van der Waals surface area contributed by atoms with Gasteiger partial charge in [0, 0.05) is 18.5 Å². The number of nitrogens with zero attached hydrogens (tertiary/aromatic N) is 2. The van der Waals surface area contributed by atoms with Gasteiger partial charge < -0.3 is 10.4 Å². The van der Waals surface area contributed by atoms with Crippen LogP contribution in [-0.2, 0) is 6.42 Å². The summed E-state index contributed by atoms with van der Waals surface area (Å²) >= 11 is 0. The lowest BCUT2D eigenvalue weighted by atomic mass is 10.1. The number of hydrogen-bond acceptors (Lipinski definition) is 3. The van der Waals surface area contributed by atoms with E-state index in [0.717, 1.165) is 5.56 Å². The minimum absolute atomic E-state index is 0.0898. The smallest absolute Gasteiger partial charge is 0.276 e. The Morgan fingerprint density at radius 3 is 2.46 bits per heavy atom. The van der Waals surface area contributed by atoms with Crippen LogP contribution in [0.1, 0.15) is 16.1 Å². The van der Waals surface area contributed by atoms with Gasteiger partial charge in [-0.05, 0) is 54.4 Å². The summed E-state index contributed by atoms with van der Waals surface area (Å²) in [6.07, 6.45) is 2.23. The number of carbonyl (C=O) groups is 1. The minimum atomic E-state index is -0.328. The first-order chi connectivity index (χ1) is 11.7. The summed E-state index contributed by atoms with van der Waals surface area (Å²) < 4.78 is 14.5. The van der Waals surface area contributed by atoms with Crippen molar-refractivity contribution >= 4 is 11.6 Å². The summed E-state index contributed by atoms with van der Waals surface area (Å²) in [7, 11) is 0. The van der Waals surface area contributed by atoms with Crippen molar-refractivity contribution in [2.24, 2.45) is 0 Å². The Kier molecular flexibility index (Phi) is 4.67. The molecule has 1 heterocycles. The first kappa shape index (κ1) is 15.9. The van der Waals surface area contributed by atoms with E-state index >= 15 is 0 Å². The van der Waals surface area contributed by atoms with Gasteiger partial charge in [0.15, 0.2) is 5.69 Å². The van der Waals surface area contributed by atoms with E-state index in [0.29, 0.717) is 17.8 Å². The van der Waals surface area contributed by atoms with E-state index in [1.807, 2.05) is 12.1 Å². The Hall–Kier alpha value is -2.99. The third kappa shape index (κ3) is 3.67. The van der Waals surface area contributed by atoms with Crippen molar-refractivity contribution in [1.29, 1.82) is 0 Å². The summed E-state index contributed by atoms with van der Waals surface area (Å²) in [5.41, 5.74) is 2.58. The maximum Gasteiger partial charge on any atom is 0.276 e. The molecule has 2 aromatic carbocycles. The van der Waals surface area contributed by atoms with Crippen LogP contribution in [0, 0.1) is 5.82 Å². The highest BCUT2D eigenvalue weighted by molar-refractivity contribution is 6.02. The minimum Gasteiger partial charge on any atom is -0.396 e. The molecule has 3 aromatic rings. The van der Waals surface area contributed by atoms with Crippen molar-refractivity contribution in [3.63, 3.8) is 0 Å². The van der Waals surface area contributed by atoms with Gasteiger partial charge in [-0.3, -0.25) is 4.79 Å². The first-order valence-electron chi connectivity index (χ1n) is 7.48. The summed E-state index contributed by atoms with van der Waals surface area (Å²) in [6.45, 7) is 0.0898. The van der Waals surface area contributed by atoms with E-state index in [2.05, 4.69) is 10.4 Å². The summed E-state index contributed by atoms with van der Waals surface area (Å²) in [5.74, 6) is -0.653. The van der Waals surface area contributed by atoms with Crippen molar-refractivity contribution in [3.8, 4) is 5.69 Å². The zero-order valence-corrected chi connectivity index (χ0v) is 12.8. The molecule has 0 spiro atoms. The monoisotopic (exact) mass is 325 g/mol. The standard InChI is InChI=1S/C18H16FN3O2/c19-14-3-7-16(8-4-14)22-11-9-17(21-22)18(24)20-15-5-1-13(2-6-15)10-12-23/h1-9,11,23H,10,12H2,(H,20,24). The highest BCUT2D eigenvalue weighted by atomic mass is 19.1. The molecule has 2 N–H and O–H groups in total. The lowest BCUT2D eigenvalue weighted by Crippen LogP contribution is -2.13. The van der Waals surface area contributed by atoms with Crippen LogP contribution in [0.3, 0.4) is 0 Å². The molecule has 0 aliphatic heterocycles. The maximum absolute atomic E-state index is 12.9. The number of benzene rings is 2. The van der Waals surface area contributed by atoms with Gasteiger partial charge in [0.05, 0.1) is 5.69 Å². The van der Waals surface area contributed by atoms with E-state index in [9.17, 15) is 9.18 Å². The van der Waals surface area contributed by atoms with E-state index < -0.39 is 0 Å². The van der Waals surface area contributed by atoms with Crippen molar-refractivity contribution in [1.82, 2.24) is 9.78 Å². The van der Waals surface area contributed by atoms with E-state index in [-0.39, 0.29) is 24.0 Å². The zero-order valence-electron chi connectivity index (χ0n) is 12.8. The molecular formula is C18H16FN3O2. The average molecular weight is 325 g/mol. The largest absolute Gasteiger partial charge is 0.396 e. The number of nitrogens with one attached hydrogen (secondary N) is 1. The fraction of sp³-hybridized carbons (Fsp3) is 0.111. The van der Waals surface area contributed by atoms with E-state index in [4.69, 9.17) is 5.11 Å². The predicted octanol–water partition coefficient (Wildman–Crippen LogP) is 2.80. The molecule has 24 heavy (non-hydrogen) atoms. The van der Waals surface area contributed by atoms with Gasteiger partial charge in [-0.25, -0.2) is 9.07 Å². The third-order valence-corrected chi connectivity index (χ3v) is 3.53. The highest BCUT2D eigenvalue weighted by Gasteiger charge is 2.10. The molecule has 122 valence electrons. The van der Waals surface area contributed by atoms with Crippen LogP contribution in [-0.4, -0.2) is 27.4 Å². The van der Waals surface area contributed by atoms with Crippen LogP contribution in [0.15, 0.2) is 60.8 Å². The number of halogens is 1. The lowest BCUT2D eigenvalue weighted by molar-refractivity contribution is 0.102. The predicted molar refractivity (Wildman–Crippen MR) is 88.7 cm³/mol. The molecule has 0 saturated heterocycles. The van der Waals surface area contributed by atoms with Gasteiger partial charge in [0.25, 0.3) is 5.91 Å². The summed E-state index contributed by atoms with van der Waals surface area (Å²) in [5, 5.41) is 15.9. The molecular weight excluding hydrogens is 309 g/mol. The quantitative estimate of drug-likeness (QED) is 0.758. The van der Waals surface area contributed by atoms with Gasteiger partial charge in [0.1, 0.15) is 5.82 Å². The van der Waals surface area contributed by atoms with Crippen LogP contribution in [0.4, 0.5) is 10.1 Å². The number of hydrogen-bond donors (Lipinski definition) is 2. The number of aromatic nitrogens is 2. The number of amides is 1. The zero-order chi connectivity index (χ0) is 16.9. The number of aliphatic hydroxyl groups is 1. The number of rotatable bonds is 5. The van der Waals surface area contributed by atoms with E-state index in [1.54, 1.807) is 36.5 Å². The van der Waals surface area contributed by atoms with Gasteiger partial charge in [0.2, 0.25) is 0 Å². The summed E-state index contributed by atoms with van der Waals surface area (Å²) in [4.78, 5) is 12.2. The topological polar surface area (TPSA) is 67.2 Å². The first-order valence-corrected chi connectivity index (χ1v) is 7.48. The maximum atomic E-state index is 12.9. The number of carbonyl (C=O) groups excluding carboxylic acids is 1. The molecule has 0 aliphatic rings. The fourth-order valence-corrected chi connectivity index (χ4v) is 2.26. The molecule has 3 rings (SSSR count). The van der Waals surface area contributed by atoms with Gasteiger partial charge in [-0.15, -0.1) is 0 Å². The molecule has 1 amide bonds. The second-order valence-electron chi connectivity index (χ2n) is 5.25. The number of aliphatic hydroxyl groups excluding tert-OH is 1. The molecule has 0 unspecified atom stereocenters. The number of anilines is 1. The van der Waals surface area contributed by atoms with Crippen LogP contribution < -0.4 is 5.32 Å². The third-order valence-electron chi connectivity index (χ3n) is 3.53. The van der Waals surface area contributed by atoms with E-state index in [1.165, 1.54) is 16.8 Å². The Bertz CT molecular complexity index is 826. The Morgan fingerprint density at radius 1 is 1.08 bits per heavy atom. The molecule has 0 atom stereocenters. The van der Waals surface area contributed by atoms with Gasteiger partial charge >= 0.3 is 0 Å². The SMILES string of the molecule is O=C(Nc1ccc(CCO)cc1)c1ccn(-c2ccc(F)cc2)n1. The fourth-order valence-electron chi connectivity index (χ4n) is 2.26. The Morgan fingerprint density at radius 2 is 1.79 bits per heavy atom. The molecule has 6 heteroatoms. The molecule has 0 fully saturated rings. The summed E-state index contributed by atoms with van der Waals surface area (Å²) in [6, 6.07) is 14.7. The molecule has 0 radical (unpaired) electrons.